The molecule has 0 saturated carbocycles. The molecule has 2 aliphatic rings. The maximum absolute atomic E-state index is 15.0. The van der Waals surface area contributed by atoms with E-state index in [1.807, 2.05) is 54.5 Å². The number of rotatable bonds is 22. The molecule has 6 amide bonds. The van der Waals surface area contributed by atoms with Gasteiger partial charge in [0.05, 0.1) is 75.3 Å². The van der Waals surface area contributed by atoms with E-state index in [-0.39, 0.29) is 82.1 Å². The number of ether oxygens (including phenoxy) is 3. The SMILES string of the molecule is C/C=C/C[C@@H](C)[C@@H](O)[C@@H]1CC(=O)[C@H](C(C)C)N(C)C(=O)[C@H](CC(C)C)CC(=O)[C@H](CC(C)C)N(C)C(=O)[C@@H](C)NC(=O)[C@H](C)CC(=O)[C@H](CC(C)C)N(C)C(=O)[C@H](C(C)C)CC(=O)[C@H]([C@@H](C)OC/C=C/COCCN2CCOCC2)N(C)C(=O)CCC(=O)[C@H](CC)NC1=O. The van der Waals surface area contributed by atoms with Crippen molar-refractivity contribution >= 4 is 64.4 Å². The van der Waals surface area contributed by atoms with Gasteiger partial charge in [-0.1, -0.05) is 114 Å². The summed E-state index contributed by atoms with van der Waals surface area (Å²) in [5, 5.41) is 17.6. The number of carbonyl (C=O) groups is 11. The number of likely N-dealkylation sites (N-methyl/N-ethyl adjacent to an activating group) is 4. The van der Waals surface area contributed by atoms with Gasteiger partial charge in [0.2, 0.25) is 35.4 Å². The van der Waals surface area contributed by atoms with Crippen LogP contribution in [0.25, 0.3) is 0 Å². The van der Waals surface area contributed by atoms with Gasteiger partial charge in [0.1, 0.15) is 12.1 Å². The molecular weight excluding hydrogens is 1200 g/mol. The Kier molecular flexibility index (Phi) is 38.0. The highest BCUT2D eigenvalue weighted by molar-refractivity contribution is 5.99. The first-order chi connectivity index (χ1) is 44.0. The number of nitrogens with zero attached hydrogens (tertiary/aromatic N) is 5. The zero-order valence-corrected chi connectivity index (χ0v) is 61.0. The molecule has 0 radical (unpaired) electrons. The van der Waals surface area contributed by atoms with Crippen LogP contribution in [0.3, 0.4) is 0 Å². The number of aliphatic hydroxyl groups is 1. The third kappa shape index (κ3) is 27.2. The Balaban J connectivity index is 2.84. The molecule has 536 valence electrons. The van der Waals surface area contributed by atoms with E-state index in [1.54, 1.807) is 73.6 Å². The fourth-order valence-electron chi connectivity index (χ4n) is 12.8. The van der Waals surface area contributed by atoms with Crippen LogP contribution in [0.15, 0.2) is 24.3 Å². The first-order valence-electron chi connectivity index (χ1n) is 34.8. The molecule has 2 rings (SSSR count). The van der Waals surface area contributed by atoms with Gasteiger partial charge in [0, 0.05) is 104 Å². The predicted molar refractivity (Wildman–Crippen MR) is 364 cm³/mol. The average molecular weight is 1330 g/mol. The molecule has 94 heavy (non-hydrogen) atoms. The number of aliphatic hydroxyl groups excluding tert-OH is 1. The van der Waals surface area contributed by atoms with Crippen molar-refractivity contribution in [3.05, 3.63) is 24.3 Å². The van der Waals surface area contributed by atoms with E-state index in [0.717, 1.165) is 19.6 Å². The van der Waals surface area contributed by atoms with E-state index < -0.39 is 161 Å². The highest BCUT2D eigenvalue weighted by Gasteiger charge is 2.43. The van der Waals surface area contributed by atoms with E-state index in [0.29, 0.717) is 32.8 Å². The van der Waals surface area contributed by atoms with Gasteiger partial charge in [-0.15, -0.1) is 0 Å². The Bertz CT molecular complexity index is 2530. The minimum Gasteiger partial charge on any atom is -0.392 e. The van der Waals surface area contributed by atoms with Crippen LogP contribution in [-0.4, -0.2) is 223 Å². The van der Waals surface area contributed by atoms with Gasteiger partial charge in [-0.2, -0.15) is 0 Å². The van der Waals surface area contributed by atoms with Crippen LogP contribution in [0, 0.1) is 59.2 Å². The van der Waals surface area contributed by atoms with Gasteiger partial charge in [-0.3, -0.25) is 57.6 Å². The second-order valence-corrected chi connectivity index (χ2v) is 28.6. The van der Waals surface area contributed by atoms with E-state index in [4.69, 9.17) is 14.2 Å². The second-order valence-electron chi connectivity index (χ2n) is 28.6. The predicted octanol–water partition coefficient (Wildman–Crippen LogP) is 7.10. The van der Waals surface area contributed by atoms with Gasteiger partial charge >= 0.3 is 0 Å². The maximum Gasteiger partial charge on any atom is 0.245 e. The van der Waals surface area contributed by atoms with E-state index >= 15 is 0 Å². The number of carbonyl (C=O) groups excluding carboxylic acids is 11. The van der Waals surface area contributed by atoms with Crippen LogP contribution in [0.4, 0.5) is 0 Å². The molecule has 2 saturated heterocycles. The van der Waals surface area contributed by atoms with Crippen molar-refractivity contribution in [1.82, 2.24) is 35.1 Å². The summed E-state index contributed by atoms with van der Waals surface area (Å²) in [6.45, 7) is 33.1. The summed E-state index contributed by atoms with van der Waals surface area (Å²) >= 11 is 0. The number of ketones is 5. The molecule has 0 aromatic heterocycles. The lowest BCUT2D eigenvalue weighted by molar-refractivity contribution is -0.148. The largest absolute Gasteiger partial charge is 0.392 e. The summed E-state index contributed by atoms with van der Waals surface area (Å²) < 4.78 is 17.5. The molecule has 2 aliphatic heterocycles. The fourth-order valence-corrected chi connectivity index (χ4v) is 12.8. The van der Waals surface area contributed by atoms with E-state index in [2.05, 4.69) is 15.5 Å². The number of Topliss-reactive ketones (excluding diaryl/α,β-unsaturated/α-hetero) is 5. The number of morpholine rings is 1. The lowest BCUT2D eigenvalue weighted by Crippen LogP contribution is -2.53. The Labute approximate surface area is 563 Å². The molecule has 3 N–H and O–H groups in total. The molecule has 2 heterocycles. The summed E-state index contributed by atoms with van der Waals surface area (Å²) in [6.07, 6.45) is 3.77. The average Bonchev–Trinajstić information content (AvgIpc) is 0.846. The zero-order valence-electron chi connectivity index (χ0n) is 61.0. The summed E-state index contributed by atoms with van der Waals surface area (Å²) in [6, 6.07) is -6.73. The minimum atomic E-state index is -1.39. The third-order valence-electron chi connectivity index (χ3n) is 18.5. The van der Waals surface area contributed by atoms with Crippen LogP contribution < -0.4 is 10.6 Å². The van der Waals surface area contributed by atoms with Crippen LogP contribution in [-0.2, 0) is 67.0 Å². The second kappa shape index (κ2) is 42.2. The Morgan fingerprint density at radius 1 is 0.574 bits per heavy atom. The summed E-state index contributed by atoms with van der Waals surface area (Å²) in [7, 11) is 5.91. The van der Waals surface area contributed by atoms with E-state index in [9.17, 15) is 57.8 Å². The van der Waals surface area contributed by atoms with Gasteiger partial charge < -0.3 is 49.6 Å². The number of allylic oxidation sites excluding steroid dienone is 2. The van der Waals surface area contributed by atoms with Crippen molar-refractivity contribution < 1.29 is 72.1 Å². The smallest absolute Gasteiger partial charge is 0.245 e. The number of hydrogen-bond donors (Lipinski definition) is 3. The fraction of sp³-hybridized carbons (Fsp3) is 0.792. The van der Waals surface area contributed by atoms with Crippen molar-refractivity contribution in [1.29, 1.82) is 0 Å². The number of nitrogens with one attached hydrogen (secondary N) is 2. The zero-order chi connectivity index (χ0) is 71.4. The molecule has 0 aromatic rings. The Morgan fingerprint density at radius 2 is 1.12 bits per heavy atom. The minimum absolute atomic E-state index is 0.0357. The van der Waals surface area contributed by atoms with Crippen molar-refractivity contribution in [3.8, 4) is 0 Å². The summed E-state index contributed by atoms with van der Waals surface area (Å²) in [5.74, 6) is -12.0. The monoisotopic (exact) mass is 1330 g/mol. The first-order valence-corrected chi connectivity index (χ1v) is 34.8. The van der Waals surface area contributed by atoms with Crippen molar-refractivity contribution in [3.63, 3.8) is 0 Å². The molecule has 0 unspecified atom stereocenters. The lowest BCUT2D eigenvalue weighted by Gasteiger charge is -2.36. The molecule has 0 spiro atoms. The molecule has 0 aliphatic carbocycles. The normalized spacial score (nSPS) is 27.1. The Hall–Kier alpha value is -5.55. The standard InChI is InChI=1S/C72H123N7O15/c1-21-23-26-49(13)67(86)55-43-62(83)65(48(11)12)78(20)71(90)53(37-44(3)4)41-61(82)58(39-46(7)8)75(17)70(89)51(15)73-68(87)50(14)40-60(81)57(38-45(5)6)76(18)72(91)54(47(9)10)42-63(84)66(77(19)64(85)28-27-59(80)56(22-2)74-69(55)88)52(16)94-33-25-24-32-92-34-29-79-30-35-93-36-31-79/h21,23-25,44-58,65-67,86H,22,26-43H2,1-20H3,(H,73,87)(H,74,88)/b23-21+,25-24+/t49-,50-,51-,52-,53-,54+,55+,56+,57+,58+,65+,66+,67-/m1/s1. The highest BCUT2D eigenvalue weighted by Crippen LogP contribution is 2.30. The maximum atomic E-state index is 15.0. The molecule has 22 nitrogen and oxygen atoms in total. The molecular formula is C72H123N7O15. The summed E-state index contributed by atoms with van der Waals surface area (Å²) in [4.78, 5) is 168. The van der Waals surface area contributed by atoms with Crippen LogP contribution in [0.5, 0.6) is 0 Å². The van der Waals surface area contributed by atoms with Crippen LogP contribution in [0.1, 0.15) is 181 Å². The third-order valence-corrected chi connectivity index (χ3v) is 18.5. The molecule has 22 heteroatoms. The highest BCUT2D eigenvalue weighted by atomic mass is 16.5. The lowest BCUT2D eigenvalue weighted by atomic mass is 9.82. The quantitative estimate of drug-likeness (QED) is 0.0720. The van der Waals surface area contributed by atoms with Crippen LogP contribution >= 0.6 is 0 Å². The molecule has 0 bridgehead atoms. The van der Waals surface area contributed by atoms with E-state index in [1.165, 1.54) is 54.7 Å². The van der Waals surface area contributed by atoms with Gasteiger partial charge in [-0.05, 0) is 88.4 Å². The molecule has 13 atom stereocenters. The summed E-state index contributed by atoms with van der Waals surface area (Å²) in [5.41, 5.74) is 0. The van der Waals surface area contributed by atoms with Crippen LogP contribution in [0.2, 0.25) is 0 Å². The first kappa shape index (κ1) is 84.5. The van der Waals surface area contributed by atoms with Crippen molar-refractivity contribution in [2.45, 2.75) is 230 Å². The van der Waals surface area contributed by atoms with Crippen molar-refractivity contribution in [2.75, 3.05) is 80.9 Å². The van der Waals surface area contributed by atoms with Gasteiger partial charge in [0.25, 0.3) is 0 Å². The van der Waals surface area contributed by atoms with Gasteiger partial charge in [0.15, 0.2) is 28.9 Å². The number of hydrogen-bond acceptors (Lipinski definition) is 16. The number of amides is 6. The Morgan fingerprint density at radius 3 is 1.66 bits per heavy atom. The molecule has 0 aromatic carbocycles. The van der Waals surface area contributed by atoms with Gasteiger partial charge in [-0.25, -0.2) is 0 Å². The molecule has 2 fully saturated rings. The van der Waals surface area contributed by atoms with Crippen molar-refractivity contribution in [2.24, 2.45) is 59.2 Å². The topological polar surface area (TPSA) is 276 Å².